The molecule has 1 unspecified atom stereocenters. The van der Waals surface area contributed by atoms with Crippen molar-refractivity contribution >= 4 is 5.91 Å². The Morgan fingerprint density at radius 3 is 2.65 bits per heavy atom. The number of amides is 1. The molecule has 0 saturated carbocycles. The van der Waals surface area contributed by atoms with E-state index in [0.29, 0.717) is 11.5 Å². The van der Waals surface area contributed by atoms with Crippen molar-refractivity contribution in [2.24, 2.45) is 0 Å². The second kappa shape index (κ2) is 7.16. The van der Waals surface area contributed by atoms with E-state index in [1.54, 1.807) is 6.92 Å². The predicted molar refractivity (Wildman–Crippen MR) is 73.9 cm³/mol. The second-order valence-corrected chi connectivity index (χ2v) is 4.89. The van der Waals surface area contributed by atoms with Gasteiger partial charge in [-0.25, -0.2) is 4.98 Å². The largest absolute Gasteiger partial charge is 0.389 e. The molecule has 7 nitrogen and oxygen atoms in total. The molecule has 20 heavy (non-hydrogen) atoms. The zero-order valence-corrected chi connectivity index (χ0v) is 12.2. The van der Waals surface area contributed by atoms with Gasteiger partial charge >= 0.3 is 0 Å². The highest BCUT2D eigenvalue weighted by Gasteiger charge is 2.17. The number of carbonyl (C=O) groups is 1. The van der Waals surface area contributed by atoms with Crippen molar-refractivity contribution < 1.29 is 14.6 Å². The first-order valence-corrected chi connectivity index (χ1v) is 6.42. The number of hydrogen-bond acceptors (Lipinski definition) is 5. The molecule has 1 amide bonds. The molecule has 0 bridgehead atoms. The van der Waals surface area contributed by atoms with Crippen LogP contribution in [0.15, 0.2) is 4.79 Å². The Kier molecular flexibility index (Phi) is 5.84. The van der Waals surface area contributed by atoms with E-state index in [-0.39, 0.29) is 24.6 Å². The predicted octanol–water partition coefficient (Wildman–Crippen LogP) is -0.0612. The average Bonchev–Trinajstić information content (AvgIpc) is 2.35. The zero-order valence-electron chi connectivity index (χ0n) is 12.2. The fourth-order valence-electron chi connectivity index (χ4n) is 1.70. The number of H-pyrrole nitrogens is 1. The number of aliphatic hydroxyl groups excluding tert-OH is 1. The number of aryl methyl sites for hydroxylation is 1. The van der Waals surface area contributed by atoms with Gasteiger partial charge in [0.2, 0.25) is 0 Å². The Morgan fingerprint density at radius 2 is 2.15 bits per heavy atom. The van der Waals surface area contributed by atoms with E-state index in [2.05, 4.69) is 15.3 Å². The number of hydrogen-bond donors (Lipinski definition) is 3. The molecular weight excluding hydrogens is 262 g/mol. The molecular formula is C13H21N3O4. The van der Waals surface area contributed by atoms with E-state index in [9.17, 15) is 14.7 Å². The number of methoxy groups -OCH3 is 1. The van der Waals surface area contributed by atoms with E-state index in [4.69, 9.17) is 4.74 Å². The minimum atomic E-state index is -0.814. The molecule has 0 aliphatic rings. The number of aromatic nitrogens is 2. The quantitative estimate of drug-likeness (QED) is 0.678. The van der Waals surface area contributed by atoms with E-state index >= 15 is 0 Å². The van der Waals surface area contributed by atoms with Crippen LogP contribution in [0, 0.1) is 6.92 Å². The molecule has 0 aliphatic carbocycles. The maximum Gasteiger partial charge on any atom is 0.264 e. The minimum absolute atomic E-state index is 0.0114. The summed E-state index contributed by atoms with van der Waals surface area (Å²) in [4.78, 5) is 30.7. The number of carbonyl (C=O) groups excluding carboxylic acids is 1. The van der Waals surface area contributed by atoms with Gasteiger partial charge in [-0.2, -0.15) is 0 Å². The van der Waals surface area contributed by atoms with Gasteiger partial charge in [-0.05, 0) is 6.92 Å². The van der Waals surface area contributed by atoms with Crippen LogP contribution in [0.1, 0.15) is 41.6 Å². The molecule has 0 radical (unpaired) electrons. The maximum atomic E-state index is 12.0. The van der Waals surface area contributed by atoms with E-state index in [1.807, 2.05) is 13.8 Å². The summed E-state index contributed by atoms with van der Waals surface area (Å²) in [6, 6.07) is 0. The van der Waals surface area contributed by atoms with Crippen molar-refractivity contribution in [1.29, 1.82) is 0 Å². The van der Waals surface area contributed by atoms with Crippen LogP contribution in [0.4, 0.5) is 0 Å². The Labute approximate surface area is 117 Å². The monoisotopic (exact) mass is 283 g/mol. The average molecular weight is 283 g/mol. The second-order valence-electron chi connectivity index (χ2n) is 4.89. The molecule has 112 valence electrons. The van der Waals surface area contributed by atoms with E-state index < -0.39 is 17.6 Å². The molecule has 0 saturated heterocycles. The number of nitrogens with one attached hydrogen (secondary N) is 2. The molecule has 0 aromatic carbocycles. The number of ether oxygens (including phenoxy) is 1. The summed E-state index contributed by atoms with van der Waals surface area (Å²) in [6.07, 6.45) is -0.814. The van der Waals surface area contributed by atoms with Crippen molar-refractivity contribution in [3.8, 4) is 0 Å². The molecule has 0 aliphatic heterocycles. The Bertz CT molecular complexity index is 525. The van der Waals surface area contributed by atoms with Gasteiger partial charge in [0.15, 0.2) is 0 Å². The molecule has 0 fully saturated rings. The summed E-state index contributed by atoms with van der Waals surface area (Å²) in [6.45, 7) is 5.54. The minimum Gasteiger partial charge on any atom is -0.389 e. The van der Waals surface area contributed by atoms with Gasteiger partial charge < -0.3 is 20.1 Å². The lowest BCUT2D eigenvalue weighted by Gasteiger charge is -2.12. The SMILES string of the molecule is COCC(O)CNC(=O)c1c(C)nc(C(C)C)[nH]c1=O. The summed E-state index contributed by atoms with van der Waals surface area (Å²) in [5.41, 5.74) is -0.130. The summed E-state index contributed by atoms with van der Waals surface area (Å²) in [5.74, 6) is 0.0622. The van der Waals surface area contributed by atoms with Crippen LogP contribution in [0.2, 0.25) is 0 Å². The van der Waals surface area contributed by atoms with Crippen LogP contribution >= 0.6 is 0 Å². The lowest BCUT2D eigenvalue weighted by atomic mass is 10.1. The normalized spacial score (nSPS) is 12.5. The highest BCUT2D eigenvalue weighted by Crippen LogP contribution is 2.08. The lowest BCUT2D eigenvalue weighted by molar-refractivity contribution is 0.0609. The third-order valence-electron chi connectivity index (χ3n) is 2.75. The van der Waals surface area contributed by atoms with E-state index in [1.165, 1.54) is 7.11 Å². The van der Waals surface area contributed by atoms with Crippen LogP contribution in [-0.2, 0) is 4.74 Å². The van der Waals surface area contributed by atoms with Gasteiger partial charge in [-0.15, -0.1) is 0 Å². The van der Waals surface area contributed by atoms with Gasteiger partial charge in [0, 0.05) is 19.6 Å². The van der Waals surface area contributed by atoms with Gasteiger partial charge in [0.1, 0.15) is 11.4 Å². The molecule has 1 aromatic rings. The van der Waals surface area contributed by atoms with Crippen molar-refractivity contribution in [1.82, 2.24) is 15.3 Å². The third-order valence-corrected chi connectivity index (χ3v) is 2.75. The molecule has 7 heteroatoms. The third kappa shape index (κ3) is 4.14. The number of aromatic amines is 1. The number of rotatable bonds is 6. The van der Waals surface area contributed by atoms with Crippen molar-refractivity contribution in [3.63, 3.8) is 0 Å². The summed E-state index contributed by atoms with van der Waals surface area (Å²) in [7, 11) is 1.45. The molecule has 0 spiro atoms. The highest BCUT2D eigenvalue weighted by atomic mass is 16.5. The maximum absolute atomic E-state index is 12.0. The standard InChI is InChI=1S/C13H21N3O4/c1-7(2)11-15-8(3)10(13(19)16-11)12(18)14-5-9(17)6-20-4/h7,9,17H,5-6H2,1-4H3,(H,14,18)(H,15,16,19). The first-order chi connectivity index (χ1) is 9.36. The number of aliphatic hydroxyl groups is 1. The van der Waals surface area contributed by atoms with Crippen molar-refractivity contribution in [3.05, 3.63) is 27.4 Å². The summed E-state index contributed by atoms with van der Waals surface area (Å²) in [5, 5.41) is 11.9. The summed E-state index contributed by atoms with van der Waals surface area (Å²) < 4.78 is 4.75. The summed E-state index contributed by atoms with van der Waals surface area (Å²) >= 11 is 0. The number of nitrogens with zero attached hydrogens (tertiary/aromatic N) is 1. The van der Waals surface area contributed by atoms with Gasteiger partial charge in [0.05, 0.1) is 18.4 Å². The van der Waals surface area contributed by atoms with Crippen LogP contribution in [0.25, 0.3) is 0 Å². The molecule has 1 aromatic heterocycles. The van der Waals surface area contributed by atoms with Crippen LogP contribution in [0.3, 0.4) is 0 Å². The Balaban J connectivity index is 2.86. The topological polar surface area (TPSA) is 104 Å². The van der Waals surface area contributed by atoms with E-state index in [0.717, 1.165) is 0 Å². The first-order valence-electron chi connectivity index (χ1n) is 6.42. The van der Waals surface area contributed by atoms with Crippen LogP contribution in [-0.4, -0.2) is 47.3 Å². The van der Waals surface area contributed by atoms with Crippen molar-refractivity contribution in [2.45, 2.75) is 32.8 Å². The Morgan fingerprint density at radius 1 is 1.50 bits per heavy atom. The molecule has 1 heterocycles. The fraction of sp³-hybridized carbons (Fsp3) is 0.615. The molecule has 1 atom stereocenters. The fourth-order valence-corrected chi connectivity index (χ4v) is 1.70. The van der Waals surface area contributed by atoms with Gasteiger partial charge in [-0.1, -0.05) is 13.8 Å². The smallest absolute Gasteiger partial charge is 0.264 e. The molecule has 3 N–H and O–H groups in total. The lowest BCUT2D eigenvalue weighted by Crippen LogP contribution is -2.38. The van der Waals surface area contributed by atoms with Crippen LogP contribution < -0.4 is 10.9 Å². The van der Waals surface area contributed by atoms with Crippen molar-refractivity contribution in [2.75, 3.05) is 20.3 Å². The van der Waals surface area contributed by atoms with Crippen LogP contribution in [0.5, 0.6) is 0 Å². The van der Waals surface area contributed by atoms with Gasteiger partial charge in [-0.3, -0.25) is 9.59 Å². The highest BCUT2D eigenvalue weighted by molar-refractivity contribution is 5.94. The Hall–Kier alpha value is -1.73. The molecule has 1 rings (SSSR count). The zero-order chi connectivity index (χ0) is 15.3. The first kappa shape index (κ1) is 16.3. The van der Waals surface area contributed by atoms with Gasteiger partial charge in [0.25, 0.3) is 11.5 Å².